The van der Waals surface area contributed by atoms with Crippen LogP contribution in [-0.2, 0) is 14.3 Å². The van der Waals surface area contributed by atoms with Crippen LogP contribution in [0.4, 0.5) is 5.69 Å². The van der Waals surface area contributed by atoms with Gasteiger partial charge in [0.15, 0.2) is 0 Å². The molecule has 0 saturated carbocycles. The Morgan fingerprint density at radius 2 is 1.63 bits per heavy atom. The van der Waals surface area contributed by atoms with Gasteiger partial charge in [0.2, 0.25) is 5.78 Å². The molecule has 1 atom stereocenters. The van der Waals surface area contributed by atoms with Gasteiger partial charge in [-0.15, -0.1) is 11.8 Å². The molecule has 0 aromatic heterocycles. The van der Waals surface area contributed by atoms with Crippen molar-refractivity contribution in [2.24, 2.45) is 0 Å². The maximum absolute atomic E-state index is 12.7. The average Bonchev–Trinajstić information content (AvgIpc) is 2.90. The van der Waals surface area contributed by atoms with E-state index < -0.39 is 16.9 Å². The zero-order valence-electron chi connectivity index (χ0n) is 16.6. The summed E-state index contributed by atoms with van der Waals surface area (Å²) < 4.78 is 16.4. The van der Waals surface area contributed by atoms with Crippen molar-refractivity contribution < 1.29 is 23.8 Å². The van der Waals surface area contributed by atoms with Crippen molar-refractivity contribution in [1.82, 2.24) is 0 Å². The fourth-order valence-corrected chi connectivity index (χ4v) is 4.54. The third-order valence-electron chi connectivity index (χ3n) is 4.95. The van der Waals surface area contributed by atoms with E-state index >= 15 is 0 Å². The second-order valence-electron chi connectivity index (χ2n) is 6.83. The number of fused-ring (bicyclic) bond motifs is 1. The van der Waals surface area contributed by atoms with E-state index in [4.69, 9.17) is 14.2 Å². The second-order valence-corrected chi connectivity index (χ2v) is 7.98. The van der Waals surface area contributed by atoms with Gasteiger partial charge in [-0.25, -0.2) is 0 Å². The Balaban J connectivity index is 1.60. The van der Waals surface area contributed by atoms with Crippen LogP contribution in [0.2, 0.25) is 0 Å². The number of allylic oxidation sites excluding steroid dienone is 3. The molecule has 154 valence electrons. The van der Waals surface area contributed by atoms with E-state index in [1.54, 1.807) is 26.4 Å². The molecule has 1 heterocycles. The lowest BCUT2D eigenvalue weighted by Crippen LogP contribution is -2.31. The second kappa shape index (κ2) is 8.67. The van der Waals surface area contributed by atoms with Crippen molar-refractivity contribution in [2.45, 2.75) is 23.0 Å². The molecule has 6 nitrogen and oxygen atoms in total. The Bertz CT molecular complexity index is 1040. The van der Waals surface area contributed by atoms with Gasteiger partial charge in [0.05, 0.1) is 30.9 Å². The molecule has 1 amide bonds. The summed E-state index contributed by atoms with van der Waals surface area (Å²) in [5, 5.41) is 2.15. The fourth-order valence-electron chi connectivity index (χ4n) is 3.30. The van der Waals surface area contributed by atoms with Crippen molar-refractivity contribution in [3.8, 4) is 17.2 Å². The number of anilines is 1. The summed E-state index contributed by atoms with van der Waals surface area (Å²) in [4.78, 5) is 25.9. The summed E-state index contributed by atoms with van der Waals surface area (Å²) >= 11 is 1.36. The summed E-state index contributed by atoms with van der Waals surface area (Å²) in [6.45, 7) is 0. The third-order valence-corrected chi connectivity index (χ3v) is 6.29. The molecular formula is C23H21NO5S. The molecule has 1 unspecified atom stereocenters. The molecule has 0 bridgehead atoms. The highest BCUT2D eigenvalue weighted by Gasteiger charge is 2.34. The van der Waals surface area contributed by atoms with E-state index in [0.29, 0.717) is 30.0 Å². The number of ketones is 1. The molecule has 4 rings (SSSR count). The first kappa shape index (κ1) is 20.1. The van der Waals surface area contributed by atoms with Gasteiger partial charge >= 0.3 is 0 Å². The minimum atomic E-state index is -0.600. The van der Waals surface area contributed by atoms with E-state index in [0.717, 1.165) is 22.0 Å². The van der Waals surface area contributed by atoms with Crippen LogP contribution < -0.4 is 14.8 Å². The minimum Gasteiger partial charge on any atom is -0.501 e. The Hall–Kier alpha value is -3.19. The predicted octanol–water partition coefficient (Wildman–Crippen LogP) is 4.72. The van der Waals surface area contributed by atoms with Crippen LogP contribution in [0.3, 0.4) is 0 Å². The largest absolute Gasteiger partial charge is 0.501 e. The molecule has 0 saturated heterocycles. The molecule has 2 aliphatic rings. The number of amides is 1. The lowest BCUT2D eigenvalue weighted by molar-refractivity contribution is -0.134. The highest BCUT2D eigenvalue weighted by atomic mass is 32.2. The van der Waals surface area contributed by atoms with Crippen LogP contribution in [0.25, 0.3) is 0 Å². The Kier molecular flexibility index (Phi) is 5.81. The van der Waals surface area contributed by atoms with Crippen LogP contribution in [-0.4, -0.2) is 31.2 Å². The van der Waals surface area contributed by atoms with Crippen molar-refractivity contribution in [3.63, 3.8) is 0 Å². The Morgan fingerprint density at radius 3 is 2.30 bits per heavy atom. The maximum atomic E-state index is 12.7. The molecule has 7 heteroatoms. The van der Waals surface area contributed by atoms with E-state index in [-0.39, 0.29) is 0 Å². The van der Waals surface area contributed by atoms with Crippen LogP contribution in [0, 0.1) is 0 Å². The minimum absolute atomic E-state index is 0.450. The van der Waals surface area contributed by atoms with E-state index in [2.05, 4.69) is 5.32 Å². The normalized spacial score (nSPS) is 18.4. The lowest BCUT2D eigenvalue weighted by atomic mass is 9.98. The van der Waals surface area contributed by atoms with Gasteiger partial charge in [0.1, 0.15) is 17.2 Å². The number of methoxy groups -OCH3 is 2. The Labute approximate surface area is 178 Å². The van der Waals surface area contributed by atoms with Gasteiger partial charge in [0.25, 0.3) is 5.91 Å². The number of ether oxygens (including phenoxy) is 3. The van der Waals surface area contributed by atoms with Gasteiger partial charge in [0, 0.05) is 11.3 Å². The van der Waals surface area contributed by atoms with Gasteiger partial charge in [-0.2, -0.15) is 0 Å². The van der Waals surface area contributed by atoms with E-state index in [1.165, 1.54) is 11.8 Å². The maximum Gasteiger partial charge on any atom is 0.293 e. The number of Topliss-reactive ketones (excluding diaryl/α,β-unsaturated/α-hetero) is 1. The van der Waals surface area contributed by atoms with Crippen LogP contribution in [0.15, 0.2) is 70.8 Å². The standard InChI is InChI=1S/C23H21NO5S/c1-27-15-5-3-14(4-6-15)22-21(25)23(26)24-19-12-11-18(13-20(19)30-22)29-17-9-7-16(28-2)8-10-17/h3,5,7-13,22H,4,6H2,1-2H3,(H,24,26). The van der Waals surface area contributed by atoms with Crippen LogP contribution in [0.1, 0.15) is 12.8 Å². The van der Waals surface area contributed by atoms with Crippen molar-refractivity contribution in [3.05, 3.63) is 65.9 Å². The first-order chi connectivity index (χ1) is 14.6. The average molecular weight is 423 g/mol. The molecule has 2 aromatic rings. The highest BCUT2D eigenvalue weighted by molar-refractivity contribution is 8.01. The molecule has 0 radical (unpaired) electrons. The summed E-state index contributed by atoms with van der Waals surface area (Å²) in [6, 6.07) is 12.6. The quantitative estimate of drug-likeness (QED) is 0.702. The Morgan fingerprint density at radius 1 is 0.900 bits per heavy atom. The summed E-state index contributed by atoms with van der Waals surface area (Å²) in [5.74, 6) is 1.85. The molecule has 1 N–H and O–H groups in total. The van der Waals surface area contributed by atoms with Crippen molar-refractivity contribution in [2.75, 3.05) is 19.5 Å². The van der Waals surface area contributed by atoms with E-state index in [1.807, 2.05) is 42.5 Å². The van der Waals surface area contributed by atoms with E-state index in [9.17, 15) is 9.59 Å². The van der Waals surface area contributed by atoms with Gasteiger partial charge in [-0.3, -0.25) is 9.59 Å². The first-order valence-corrected chi connectivity index (χ1v) is 10.4. The number of hydrogen-bond donors (Lipinski definition) is 1. The number of nitrogens with one attached hydrogen (secondary N) is 1. The smallest absolute Gasteiger partial charge is 0.293 e. The van der Waals surface area contributed by atoms with Gasteiger partial charge < -0.3 is 19.5 Å². The molecular weight excluding hydrogens is 402 g/mol. The van der Waals surface area contributed by atoms with Crippen LogP contribution in [0.5, 0.6) is 17.2 Å². The highest BCUT2D eigenvalue weighted by Crippen LogP contribution is 2.41. The fraction of sp³-hybridized carbons (Fsp3) is 0.217. The molecule has 0 fully saturated rings. The number of hydrogen-bond acceptors (Lipinski definition) is 6. The molecule has 1 aliphatic carbocycles. The number of carbonyl (C=O) groups is 2. The zero-order chi connectivity index (χ0) is 21.1. The van der Waals surface area contributed by atoms with Crippen molar-refractivity contribution in [1.29, 1.82) is 0 Å². The van der Waals surface area contributed by atoms with Crippen LogP contribution >= 0.6 is 11.8 Å². The molecule has 30 heavy (non-hydrogen) atoms. The summed E-state index contributed by atoms with van der Waals surface area (Å²) in [6.07, 6.45) is 5.13. The number of thioether (sulfide) groups is 1. The topological polar surface area (TPSA) is 73.9 Å². The number of benzene rings is 2. The number of rotatable bonds is 5. The first-order valence-electron chi connectivity index (χ1n) is 9.49. The van der Waals surface area contributed by atoms with Gasteiger partial charge in [-0.1, -0.05) is 6.08 Å². The SMILES string of the molecule is COC1=CC=C(C2Sc3cc(Oc4ccc(OC)cc4)ccc3NC(=O)C2=O)CC1. The van der Waals surface area contributed by atoms with Crippen molar-refractivity contribution >= 4 is 29.1 Å². The molecule has 2 aromatic carbocycles. The summed E-state index contributed by atoms with van der Waals surface area (Å²) in [5.41, 5.74) is 1.52. The summed E-state index contributed by atoms with van der Waals surface area (Å²) in [7, 11) is 3.24. The monoisotopic (exact) mass is 423 g/mol. The lowest BCUT2D eigenvalue weighted by Gasteiger charge is -2.20. The predicted molar refractivity (Wildman–Crippen MR) is 115 cm³/mol. The third kappa shape index (κ3) is 4.21. The zero-order valence-corrected chi connectivity index (χ0v) is 17.5. The molecule has 0 spiro atoms. The molecule has 1 aliphatic heterocycles. The van der Waals surface area contributed by atoms with Gasteiger partial charge in [-0.05, 0) is 60.5 Å². The number of carbonyl (C=O) groups excluding carboxylic acids is 2.